The third-order valence-electron chi connectivity index (χ3n) is 5.30. The molecule has 0 saturated carbocycles. The number of ether oxygens (including phenoxy) is 1. The zero-order valence-electron chi connectivity index (χ0n) is 20.5. The van der Waals surface area contributed by atoms with Crippen molar-refractivity contribution in [1.82, 2.24) is 9.80 Å². The van der Waals surface area contributed by atoms with Gasteiger partial charge >= 0.3 is 11.7 Å². The maximum atomic E-state index is 15.2. The van der Waals surface area contributed by atoms with E-state index in [0.717, 1.165) is 17.0 Å². The van der Waals surface area contributed by atoms with E-state index in [4.69, 9.17) is 9.15 Å². The van der Waals surface area contributed by atoms with E-state index in [1.54, 1.807) is 19.0 Å². The molecule has 196 valence electrons. The van der Waals surface area contributed by atoms with E-state index >= 15 is 4.39 Å². The predicted molar refractivity (Wildman–Crippen MR) is 134 cm³/mol. The van der Waals surface area contributed by atoms with Crippen molar-refractivity contribution >= 4 is 32.8 Å². The lowest BCUT2D eigenvalue weighted by Gasteiger charge is -2.17. The number of benzene rings is 2. The van der Waals surface area contributed by atoms with Crippen molar-refractivity contribution < 1.29 is 32.6 Å². The average molecular weight is 526 g/mol. The highest BCUT2D eigenvalue weighted by Crippen LogP contribution is 2.30. The highest BCUT2D eigenvalue weighted by atomic mass is 32.2. The third kappa shape index (κ3) is 6.00. The zero-order chi connectivity index (χ0) is 26.8. The van der Waals surface area contributed by atoms with Crippen LogP contribution in [0.5, 0.6) is 5.75 Å². The Hall–Kier alpha value is -3.51. The number of hydrogen-bond acceptors (Lipinski definition) is 7. The summed E-state index contributed by atoms with van der Waals surface area (Å²) in [6.07, 6.45) is -1.04. The fraction of sp³-hybridized carbons (Fsp3) is 0.333. The van der Waals surface area contributed by atoms with Gasteiger partial charge in [-0.25, -0.2) is 26.8 Å². The monoisotopic (exact) mass is 525 g/mol. The lowest BCUT2D eigenvalue weighted by atomic mass is 9.97. The molecule has 0 unspecified atom stereocenters. The second-order valence-electron chi connectivity index (χ2n) is 8.59. The summed E-state index contributed by atoms with van der Waals surface area (Å²) in [7, 11) is 2.63. The molecule has 0 fully saturated rings. The molecule has 2 aromatic carbocycles. The van der Waals surface area contributed by atoms with Crippen molar-refractivity contribution in [2.24, 2.45) is 0 Å². The highest BCUT2D eigenvalue weighted by Gasteiger charge is 2.22. The Kier molecular flexibility index (Phi) is 7.99. The van der Waals surface area contributed by atoms with Crippen molar-refractivity contribution in [1.29, 1.82) is 0 Å². The lowest BCUT2D eigenvalue weighted by Crippen LogP contribution is -2.25. The topological polar surface area (TPSA) is 109 Å². The van der Waals surface area contributed by atoms with Gasteiger partial charge in [-0.05, 0) is 44.3 Å². The van der Waals surface area contributed by atoms with Gasteiger partial charge in [-0.3, -0.25) is 4.72 Å². The second kappa shape index (κ2) is 10.6. The molecule has 0 spiro atoms. The molecule has 12 heteroatoms. The van der Waals surface area contributed by atoms with Crippen LogP contribution in [0.3, 0.4) is 0 Å². The number of hydrogen-bond donors (Lipinski definition) is 1. The van der Waals surface area contributed by atoms with Gasteiger partial charge in [-0.1, -0.05) is 12.1 Å². The Balaban J connectivity index is 0.00000481. The SMILES string of the molecule is CCS(=O)(=O)Nc1cccc(Cc2c(CN(C)C)c3cc(F)c(OC(=O)N(C)C)cc3oc2=O)c1F.[HH]. The van der Waals surface area contributed by atoms with Crippen LogP contribution in [0.25, 0.3) is 11.0 Å². The molecule has 9 nitrogen and oxygen atoms in total. The van der Waals surface area contributed by atoms with Gasteiger partial charge in [0.1, 0.15) is 5.58 Å². The number of carbonyl (C=O) groups is 1. The number of halogens is 2. The molecule has 3 rings (SSSR count). The minimum Gasteiger partial charge on any atom is -0.422 e. The van der Waals surface area contributed by atoms with Gasteiger partial charge < -0.3 is 19.0 Å². The Morgan fingerprint density at radius 3 is 2.44 bits per heavy atom. The molecule has 1 amide bonds. The Morgan fingerprint density at radius 1 is 1.14 bits per heavy atom. The van der Waals surface area contributed by atoms with E-state index in [1.165, 1.54) is 39.2 Å². The maximum Gasteiger partial charge on any atom is 0.414 e. The first-order valence-electron chi connectivity index (χ1n) is 10.9. The van der Waals surface area contributed by atoms with E-state index in [0.29, 0.717) is 5.56 Å². The highest BCUT2D eigenvalue weighted by molar-refractivity contribution is 7.92. The summed E-state index contributed by atoms with van der Waals surface area (Å²) in [4.78, 5) is 27.7. The van der Waals surface area contributed by atoms with Crippen LogP contribution in [0.4, 0.5) is 19.3 Å². The van der Waals surface area contributed by atoms with Crippen LogP contribution < -0.4 is 15.1 Å². The smallest absolute Gasteiger partial charge is 0.414 e. The van der Waals surface area contributed by atoms with Gasteiger partial charge in [-0.2, -0.15) is 0 Å². The molecule has 0 aliphatic heterocycles. The first-order valence-corrected chi connectivity index (χ1v) is 12.6. The fourth-order valence-corrected chi connectivity index (χ4v) is 4.10. The average Bonchev–Trinajstić information content (AvgIpc) is 2.79. The number of nitrogens with zero attached hydrogens (tertiary/aromatic N) is 2. The van der Waals surface area contributed by atoms with E-state index in [1.807, 2.05) is 0 Å². The van der Waals surface area contributed by atoms with Gasteiger partial charge in [0.05, 0.1) is 11.4 Å². The zero-order valence-corrected chi connectivity index (χ0v) is 21.3. The molecule has 0 radical (unpaired) electrons. The molecule has 0 atom stereocenters. The van der Waals surface area contributed by atoms with Crippen molar-refractivity contribution in [2.45, 2.75) is 19.9 Å². The predicted octanol–water partition coefficient (Wildman–Crippen LogP) is 3.79. The van der Waals surface area contributed by atoms with Crippen molar-refractivity contribution in [3.63, 3.8) is 0 Å². The maximum absolute atomic E-state index is 15.2. The van der Waals surface area contributed by atoms with Crippen LogP contribution in [-0.2, 0) is 23.0 Å². The number of amides is 1. The van der Waals surface area contributed by atoms with Crippen molar-refractivity contribution in [2.75, 3.05) is 38.7 Å². The molecule has 0 bridgehead atoms. The summed E-state index contributed by atoms with van der Waals surface area (Å²) < 4.78 is 66.5. The van der Waals surface area contributed by atoms with E-state index < -0.39 is 39.1 Å². The number of nitrogens with one attached hydrogen (secondary N) is 1. The van der Waals surface area contributed by atoms with E-state index in [9.17, 15) is 22.4 Å². The molecule has 0 aliphatic rings. The molecule has 36 heavy (non-hydrogen) atoms. The minimum atomic E-state index is -3.73. The quantitative estimate of drug-likeness (QED) is 0.446. The summed E-state index contributed by atoms with van der Waals surface area (Å²) in [5, 5.41) is 0.253. The van der Waals surface area contributed by atoms with E-state index in [-0.39, 0.29) is 47.9 Å². The van der Waals surface area contributed by atoms with Gasteiger partial charge in [0.25, 0.3) is 0 Å². The van der Waals surface area contributed by atoms with Gasteiger partial charge in [0, 0.05) is 45.5 Å². The largest absolute Gasteiger partial charge is 0.422 e. The first kappa shape index (κ1) is 27.1. The van der Waals surface area contributed by atoms with E-state index in [2.05, 4.69) is 4.72 Å². The number of sulfonamides is 1. The number of carbonyl (C=O) groups excluding carboxylic acids is 1. The van der Waals surface area contributed by atoms with Crippen molar-refractivity contribution in [3.8, 4) is 5.75 Å². The summed E-state index contributed by atoms with van der Waals surface area (Å²) in [5.41, 5.74) is -0.497. The minimum absolute atomic E-state index is 0. The summed E-state index contributed by atoms with van der Waals surface area (Å²) >= 11 is 0. The third-order valence-corrected chi connectivity index (χ3v) is 6.59. The Morgan fingerprint density at radius 2 is 1.83 bits per heavy atom. The van der Waals surface area contributed by atoms with Gasteiger partial charge in [-0.15, -0.1) is 0 Å². The molecule has 0 saturated heterocycles. The van der Waals surface area contributed by atoms with Crippen LogP contribution in [0.1, 0.15) is 25.0 Å². The first-order chi connectivity index (χ1) is 16.8. The summed E-state index contributed by atoms with van der Waals surface area (Å²) in [6, 6.07) is 6.39. The molecular formula is C24H29F2N3O6S. The Bertz CT molecular complexity index is 1480. The Labute approximate surface area is 208 Å². The van der Waals surface area contributed by atoms with Crippen LogP contribution in [0.2, 0.25) is 0 Å². The number of rotatable bonds is 8. The number of anilines is 1. The normalized spacial score (nSPS) is 11.7. The molecule has 1 aromatic heterocycles. The summed E-state index contributed by atoms with van der Waals surface area (Å²) in [6.45, 7) is 1.61. The second-order valence-corrected chi connectivity index (χ2v) is 10.6. The lowest BCUT2D eigenvalue weighted by molar-refractivity contribution is 0.170. The standard InChI is InChI=1S/C24H27F2N3O6S.H2/c1-6-36(32,33)27-19-9-7-8-14(22(19)26)10-16-17(13-28(2)3)15-11-18(25)21(35-24(31)29(4)5)12-20(15)34-23(16)30;/h7-9,11-12,27H,6,10,13H2,1-5H3;1H. The molecular weight excluding hydrogens is 496 g/mol. The van der Waals surface area contributed by atoms with Crippen LogP contribution in [0.15, 0.2) is 39.5 Å². The van der Waals surface area contributed by atoms with Crippen LogP contribution in [-0.4, -0.2) is 58.3 Å². The van der Waals surface area contributed by atoms with Crippen LogP contribution in [0, 0.1) is 11.6 Å². The van der Waals surface area contributed by atoms with Crippen LogP contribution >= 0.6 is 0 Å². The molecule has 1 heterocycles. The molecule has 3 aromatic rings. The fourth-order valence-electron chi connectivity index (χ4n) is 3.47. The number of fused-ring (bicyclic) bond motifs is 1. The summed E-state index contributed by atoms with van der Waals surface area (Å²) in [5.74, 6) is -2.33. The molecule has 0 aliphatic carbocycles. The van der Waals surface area contributed by atoms with Crippen molar-refractivity contribution in [3.05, 3.63) is 69.1 Å². The molecule has 1 N–H and O–H groups in total. The van der Waals surface area contributed by atoms with Gasteiger partial charge in [0.15, 0.2) is 17.4 Å². The van der Waals surface area contributed by atoms with Gasteiger partial charge in [0.2, 0.25) is 10.0 Å².